The summed E-state index contributed by atoms with van der Waals surface area (Å²) in [5.41, 5.74) is 8.13. The highest BCUT2D eigenvalue weighted by Crippen LogP contribution is 2.32. The fourth-order valence-corrected chi connectivity index (χ4v) is 4.46. The smallest absolute Gasteiger partial charge is 0.253 e. The van der Waals surface area contributed by atoms with Crippen LogP contribution in [0.1, 0.15) is 72.3 Å². The number of amides is 1. The molecule has 1 aromatic heterocycles. The quantitative estimate of drug-likeness (QED) is 0.455. The number of hydrogen-bond donors (Lipinski definition) is 2. The van der Waals surface area contributed by atoms with Crippen LogP contribution >= 0.6 is 0 Å². The molecule has 0 unspecified atom stereocenters. The van der Waals surface area contributed by atoms with Gasteiger partial charge < -0.3 is 15.4 Å². The number of piperidine rings is 1. The van der Waals surface area contributed by atoms with E-state index in [4.69, 9.17) is 4.74 Å². The Hall–Kier alpha value is -3.44. The van der Waals surface area contributed by atoms with Crippen molar-refractivity contribution in [2.24, 2.45) is 0 Å². The van der Waals surface area contributed by atoms with Crippen LogP contribution in [0.4, 0.5) is 0 Å². The molecule has 0 saturated carbocycles. The number of ether oxygens (including phenoxy) is 1. The van der Waals surface area contributed by atoms with Crippen molar-refractivity contribution in [2.45, 2.75) is 52.7 Å². The Morgan fingerprint density at radius 3 is 2.17 bits per heavy atom. The van der Waals surface area contributed by atoms with Crippen LogP contribution in [-0.2, 0) is 0 Å². The molecule has 5 heteroatoms. The molecule has 1 saturated heterocycles. The highest BCUT2D eigenvalue weighted by atomic mass is 16.5. The lowest BCUT2D eigenvalue weighted by Crippen LogP contribution is -2.26. The predicted octanol–water partition coefficient (Wildman–Crippen LogP) is 5.85. The van der Waals surface area contributed by atoms with Gasteiger partial charge in [0, 0.05) is 6.20 Å². The third kappa shape index (κ3) is 6.37. The maximum atomic E-state index is 12.8. The highest BCUT2D eigenvalue weighted by molar-refractivity contribution is 5.94. The molecule has 0 spiro atoms. The first kappa shape index (κ1) is 24.7. The van der Waals surface area contributed by atoms with Crippen LogP contribution in [0.2, 0.25) is 0 Å². The van der Waals surface area contributed by atoms with Gasteiger partial charge in [0.2, 0.25) is 0 Å². The third-order valence-electron chi connectivity index (χ3n) is 6.29. The number of aromatic nitrogens is 1. The standard InChI is InChI=1S/C30H35N3O2/c1-20(2)35-28-17-27(18-32-19-28)30(34)33-22(4)23-9-11-25(12-10-23)29(26-13-15-31-16-14-26)24-7-5-21(3)6-8-24/h5-12,17-20,22,31H,13-16H2,1-4H3,(H,33,34)/t22-/m1/s1. The number of carbonyl (C=O) groups excluding carboxylic acids is 1. The second kappa shape index (κ2) is 11.3. The van der Waals surface area contributed by atoms with E-state index >= 15 is 0 Å². The van der Waals surface area contributed by atoms with Crippen molar-refractivity contribution in [1.82, 2.24) is 15.6 Å². The van der Waals surface area contributed by atoms with Gasteiger partial charge in [0.15, 0.2) is 0 Å². The van der Waals surface area contributed by atoms with Crippen molar-refractivity contribution in [1.29, 1.82) is 0 Å². The molecule has 1 aliphatic rings. The first-order valence-electron chi connectivity index (χ1n) is 12.4. The average Bonchev–Trinajstić information content (AvgIpc) is 2.86. The van der Waals surface area contributed by atoms with Crippen LogP contribution in [0.5, 0.6) is 5.75 Å². The Balaban J connectivity index is 1.53. The van der Waals surface area contributed by atoms with Crippen molar-refractivity contribution < 1.29 is 9.53 Å². The van der Waals surface area contributed by atoms with Crippen molar-refractivity contribution >= 4 is 11.5 Å². The van der Waals surface area contributed by atoms with Crippen LogP contribution in [0, 0.1) is 6.92 Å². The minimum absolute atomic E-state index is 0.0252. The summed E-state index contributed by atoms with van der Waals surface area (Å²) in [6.45, 7) is 10.1. The van der Waals surface area contributed by atoms with Crippen LogP contribution in [0.15, 0.2) is 72.6 Å². The minimum Gasteiger partial charge on any atom is -0.489 e. The summed E-state index contributed by atoms with van der Waals surface area (Å²) in [6.07, 6.45) is 5.34. The molecule has 2 N–H and O–H groups in total. The summed E-state index contributed by atoms with van der Waals surface area (Å²) in [6, 6.07) is 19.0. The Morgan fingerprint density at radius 1 is 0.914 bits per heavy atom. The maximum absolute atomic E-state index is 12.8. The average molecular weight is 470 g/mol. The normalized spacial score (nSPS) is 14.5. The topological polar surface area (TPSA) is 63.2 Å². The van der Waals surface area contributed by atoms with Crippen LogP contribution in [0.3, 0.4) is 0 Å². The van der Waals surface area contributed by atoms with E-state index in [9.17, 15) is 4.79 Å². The van der Waals surface area contributed by atoms with Crippen molar-refractivity contribution in [3.05, 3.63) is 100 Å². The molecule has 5 nitrogen and oxygen atoms in total. The molecule has 2 heterocycles. The van der Waals surface area contributed by atoms with E-state index in [1.807, 2.05) is 20.8 Å². The maximum Gasteiger partial charge on any atom is 0.253 e. The van der Waals surface area contributed by atoms with Gasteiger partial charge in [0.25, 0.3) is 5.91 Å². The zero-order chi connectivity index (χ0) is 24.8. The summed E-state index contributed by atoms with van der Waals surface area (Å²) in [5.74, 6) is 0.430. The van der Waals surface area contributed by atoms with E-state index in [1.165, 1.54) is 27.8 Å². The molecule has 1 fully saturated rings. The van der Waals surface area contributed by atoms with Crippen LogP contribution in [-0.4, -0.2) is 30.1 Å². The van der Waals surface area contributed by atoms with E-state index in [2.05, 4.69) is 71.1 Å². The molecule has 182 valence electrons. The van der Waals surface area contributed by atoms with Crippen LogP contribution in [0.25, 0.3) is 5.57 Å². The summed E-state index contributed by atoms with van der Waals surface area (Å²) < 4.78 is 5.67. The van der Waals surface area contributed by atoms with Gasteiger partial charge in [-0.25, -0.2) is 0 Å². The van der Waals surface area contributed by atoms with Crippen LogP contribution < -0.4 is 15.4 Å². The largest absolute Gasteiger partial charge is 0.489 e. The fourth-order valence-electron chi connectivity index (χ4n) is 4.46. The summed E-state index contributed by atoms with van der Waals surface area (Å²) >= 11 is 0. The van der Waals surface area contributed by atoms with Gasteiger partial charge in [-0.15, -0.1) is 0 Å². The molecule has 1 aliphatic heterocycles. The Morgan fingerprint density at radius 2 is 1.54 bits per heavy atom. The van der Waals surface area contributed by atoms with E-state index in [0.29, 0.717) is 11.3 Å². The third-order valence-corrected chi connectivity index (χ3v) is 6.29. The molecule has 0 aliphatic carbocycles. The fraction of sp³-hybridized carbons (Fsp3) is 0.333. The number of benzene rings is 2. The van der Waals surface area contributed by atoms with Gasteiger partial charge in [-0.1, -0.05) is 59.7 Å². The number of aryl methyl sites for hydroxylation is 1. The summed E-state index contributed by atoms with van der Waals surface area (Å²) in [4.78, 5) is 17.0. The number of nitrogens with one attached hydrogen (secondary N) is 2. The molecule has 1 atom stereocenters. The van der Waals surface area contributed by atoms with Gasteiger partial charge >= 0.3 is 0 Å². The summed E-state index contributed by atoms with van der Waals surface area (Å²) in [7, 11) is 0. The SMILES string of the molecule is Cc1ccc(C(=C2CCNCC2)c2ccc([C@@H](C)NC(=O)c3cncc(OC(C)C)c3)cc2)cc1. The number of rotatable bonds is 7. The Kier molecular flexibility index (Phi) is 7.98. The number of hydrogen-bond acceptors (Lipinski definition) is 4. The monoisotopic (exact) mass is 469 g/mol. The van der Waals surface area contributed by atoms with Gasteiger partial charge in [-0.2, -0.15) is 0 Å². The second-order valence-corrected chi connectivity index (χ2v) is 9.49. The molecule has 3 aromatic rings. The minimum atomic E-state index is -0.166. The number of pyridine rings is 1. The molecule has 35 heavy (non-hydrogen) atoms. The molecule has 4 rings (SSSR count). The van der Waals surface area contributed by atoms with Crippen molar-refractivity contribution in [2.75, 3.05) is 13.1 Å². The molecular formula is C30H35N3O2. The van der Waals surface area contributed by atoms with E-state index < -0.39 is 0 Å². The Bertz CT molecular complexity index is 1170. The lowest BCUT2D eigenvalue weighted by molar-refractivity contribution is 0.0938. The molecule has 2 aromatic carbocycles. The molecule has 1 amide bonds. The van der Waals surface area contributed by atoms with E-state index in [-0.39, 0.29) is 18.1 Å². The zero-order valence-corrected chi connectivity index (χ0v) is 21.1. The Labute approximate surface area is 208 Å². The van der Waals surface area contributed by atoms with Gasteiger partial charge in [0.05, 0.1) is 23.9 Å². The van der Waals surface area contributed by atoms with Crippen molar-refractivity contribution in [3.8, 4) is 5.75 Å². The number of carbonyl (C=O) groups is 1. The first-order valence-corrected chi connectivity index (χ1v) is 12.4. The molecule has 0 bridgehead atoms. The van der Waals surface area contributed by atoms with Crippen molar-refractivity contribution in [3.63, 3.8) is 0 Å². The molecular weight excluding hydrogens is 434 g/mol. The summed E-state index contributed by atoms with van der Waals surface area (Å²) in [5, 5.41) is 6.55. The first-order chi connectivity index (χ1) is 16.9. The zero-order valence-electron chi connectivity index (χ0n) is 21.1. The predicted molar refractivity (Wildman–Crippen MR) is 142 cm³/mol. The van der Waals surface area contributed by atoms with E-state index in [1.54, 1.807) is 18.5 Å². The van der Waals surface area contributed by atoms with E-state index in [0.717, 1.165) is 31.5 Å². The molecule has 0 radical (unpaired) electrons. The van der Waals surface area contributed by atoms with Gasteiger partial charge in [-0.3, -0.25) is 9.78 Å². The lowest BCUT2D eigenvalue weighted by atomic mass is 9.88. The lowest BCUT2D eigenvalue weighted by Gasteiger charge is -2.22. The van der Waals surface area contributed by atoms with Gasteiger partial charge in [0.1, 0.15) is 5.75 Å². The number of nitrogens with zero attached hydrogens (tertiary/aromatic N) is 1. The second-order valence-electron chi connectivity index (χ2n) is 9.49. The highest BCUT2D eigenvalue weighted by Gasteiger charge is 2.17. The van der Waals surface area contributed by atoms with Gasteiger partial charge in [-0.05, 0) is 82.0 Å².